The van der Waals surface area contributed by atoms with Crippen LogP contribution in [0.5, 0.6) is 0 Å². The van der Waals surface area contributed by atoms with E-state index in [-0.39, 0.29) is 17.7 Å². The van der Waals surface area contributed by atoms with E-state index in [1.54, 1.807) is 0 Å². The molecule has 2 N–H and O–H groups in total. The molecule has 1 fully saturated rings. The minimum absolute atomic E-state index is 0.0275. The van der Waals surface area contributed by atoms with Gasteiger partial charge in [-0.3, -0.25) is 14.7 Å². The SMILES string of the molecule is CC[C@H](C)NC(=O)NC(=O)CSc1nnc(N2CCOCC2)n1CC. The average Bonchev–Trinajstić information content (AvgIpc) is 3.03. The summed E-state index contributed by atoms with van der Waals surface area (Å²) in [4.78, 5) is 25.7. The van der Waals surface area contributed by atoms with Gasteiger partial charge in [-0.1, -0.05) is 18.7 Å². The van der Waals surface area contributed by atoms with Gasteiger partial charge >= 0.3 is 6.03 Å². The second-order valence-electron chi connectivity index (χ2n) is 5.75. The molecule has 1 aliphatic heterocycles. The third-order valence-electron chi connectivity index (χ3n) is 3.88. The second-order valence-corrected chi connectivity index (χ2v) is 6.69. The highest BCUT2D eigenvalue weighted by atomic mass is 32.2. The number of nitrogens with one attached hydrogen (secondary N) is 2. The smallest absolute Gasteiger partial charge is 0.321 e. The molecule has 9 nitrogen and oxygen atoms in total. The topological polar surface area (TPSA) is 101 Å². The number of morpholine rings is 1. The molecule has 2 heterocycles. The molecule has 0 saturated carbocycles. The van der Waals surface area contributed by atoms with Gasteiger partial charge in [-0.15, -0.1) is 10.2 Å². The Morgan fingerprint density at radius 2 is 2.00 bits per heavy atom. The minimum atomic E-state index is -0.467. The molecule has 2 rings (SSSR count). The lowest BCUT2D eigenvalue weighted by atomic mass is 10.3. The van der Waals surface area contributed by atoms with E-state index in [0.717, 1.165) is 25.5 Å². The van der Waals surface area contributed by atoms with Crippen LogP contribution in [0.1, 0.15) is 27.2 Å². The van der Waals surface area contributed by atoms with Gasteiger partial charge in [-0.2, -0.15) is 0 Å². The maximum atomic E-state index is 11.9. The van der Waals surface area contributed by atoms with Gasteiger partial charge in [0.2, 0.25) is 11.9 Å². The number of hydrogen-bond donors (Lipinski definition) is 2. The van der Waals surface area contributed by atoms with E-state index in [9.17, 15) is 9.59 Å². The summed E-state index contributed by atoms with van der Waals surface area (Å²) in [6, 6.07) is -0.439. The average molecular weight is 370 g/mol. The molecule has 0 aliphatic carbocycles. The number of carbonyl (C=O) groups excluding carboxylic acids is 2. The molecule has 0 spiro atoms. The number of hydrogen-bond acceptors (Lipinski definition) is 7. The van der Waals surface area contributed by atoms with Crippen molar-refractivity contribution in [2.24, 2.45) is 0 Å². The van der Waals surface area contributed by atoms with Crippen LogP contribution in [-0.4, -0.2) is 64.8 Å². The van der Waals surface area contributed by atoms with E-state index in [1.165, 1.54) is 11.8 Å². The number of rotatable bonds is 7. The summed E-state index contributed by atoms with van der Waals surface area (Å²) in [5.41, 5.74) is 0. The lowest BCUT2D eigenvalue weighted by Gasteiger charge is -2.27. The number of nitrogens with zero attached hydrogens (tertiary/aromatic N) is 4. The molecule has 140 valence electrons. The summed E-state index contributed by atoms with van der Waals surface area (Å²) in [7, 11) is 0. The zero-order valence-electron chi connectivity index (χ0n) is 14.9. The highest BCUT2D eigenvalue weighted by Crippen LogP contribution is 2.22. The number of amides is 3. The van der Waals surface area contributed by atoms with Gasteiger partial charge in [0.15, 0.2) is 5.16 Å². The van der Waals surface area contributed by atoms with Gasteiger partial charge in [-0.25, -0.2) is 4.79 Å². The Hall–Kier alpha value is -1.81. The van der Waals surface area contributed by atoms with Crippen molar-refractivity contribution in [1.82, 2.24) is 25.4 Å². The fraction of sp³-hybridized carbons (Fsp3) is 0.733. The summed E-state index contributed by atoms with van der Waals surface area (Å²) < 4.78 is 7.33. The van der Waals surface area contributed by atoms with Gasteiger partial charge in [0.1, 0.15) is 0 Å². The lowest BCUT2D eigenvalue weighted by molar-refractivity contribution is -0.117. The number of imide groups is 1. The standard InChI is InChI=1S/C15H26N6O3S/c1-4-11(3)16-13(23)17-12(22)10-25-15-19-18-14(21(15)5-2)20-6-8-24-9-7-20/h11H,4-10H2,1-3H3,(H2,16,17,22,23)/t11-/m0/s1. The van der Waals surface area contributed by atoms with Crippen LogP contribution in [0.25, 0.3) is 0 Å². The van der Waals surface area contributed by atoms with Crippen LogP contribution >= 0.6 is 11.8 Å². The first-order chi connectivity index (χ1) is 12.0. The van der Waals surface area contributed by atoms with Crippen LogP contribution in [0.2, 0.25) is 0 Å². The first kappa shape index (κ1) is 19.5. The normalized spacial score (nSPS) is 15.7. The summed E-state index contributed by atoms with van der Waals surface area (Å²) in [6.07, 6.45) is 0.806. The number of anilines is 1. The molecule has 1 aliphatic rings. The largest absolute Gasteiger partial charge is 0.378 e. The van der Waals surface area contributed by atoms with E-state index >= 15 is 0 Å². The number of thioether (sulfide) groups is 1. The van der Waals surface area contributed by atoms with Crippen LogP contribution in [0.15, 0.2) is 5.16 Å². The van der Waals surface area contributed by atoms with E-state index < -0.39 is 6.03 Å². The summed E-state index contributed by atoms with van der Waals surface area (Å²) >= 11 is 1.27. The van der Waals surface area contributed by atoms with E-state index in [0.29, 0.717) is 24.9 Å². The van der Waals surface area contributed by atoms with Crippen molar-refractivity contribution in [3.8, 4) is 0 Å². The van der Waals surface area contributed by atoms with Crippen LogP contribution in [-0.2, 0) is 16.1 Å². The Balaban J connectivity index is 1.88. The Kier molecular flexibility index (Phi) is 7.51. The third kappa shape index (κ3) is 5.60. The summed E-state index contributed by atoms with van der Waals surface area (Å²) in [5, 5.41) is 14.1. The van der Waals surface area contributed by atoms with Crippen molar-refractivity contribution >= 4 is 29.6 Å². The first-order valence-electron chi connectivity index (χ1n) is 8.54. The zero-order valence-corrected chi connectivity index (χ0v) is 15.8. The van der Waals surface area contributed by atoms with Gasteiger partial charge in [-0.05, 0) is 20.3 Å². The van der Waals surface area contributed by atoms with Gasteiger partial charge < -0.3 is 15.0 Å². The Morgan fingerprint density at radius 1 is 1.28 bits per heavy atom. The number of aromatic nitrogens is 3. The van der Waals surface area contributed by atoms with Crippen molar-refractivity contribution in [3.63, 3.8) is 0 Å². The number of urea groups is 1. The van der Waals surface area contributed by atoms with Crippen molar-refractivity contribution in [1.29, 1.82) is 0 Å². The van der Waals surface area contributed by atoms with E-state index in [1.807, 2.05) is 25.3 Å². The van der Waals surface area contributed by atoms with Crippen LogP contribution in [0.4, 0.5) is 10.7 Å². The predicted molar refractivity (Wildman–Crippen MR) is 95.9 cm³/mol. The monoisotopic (exact) mass is 370 g/mol. The molecule has 3 amide bonds. The van der Waals surface area contributed by atoms with Crippen LogP contribution in [0.3, 0.4) is 0 Å². The molecular formula is C15H26N6O3S. The van der Waals surface area contributed by atoms with E-state index in [4.69, 9.17) is 4.74 Å². The molecular weight excluding hydrogens is 344 g/mol. The maximum absolute atomic E-state index is 11.9. The Bertz CT molecular complexity index is 588. The molecule has 0 aromatic carbocycles. The number of carbonyl (C=O) groups is 2. The van der Waals surface area contributed by atoms with Crippen LogP contribution < -0.4 is 15.5 Å². The van der Waals surface area contributed by atoms with Crippen LogP contribution in [0, 0.1) is 0 Å². The molecule has 10 heteroatoms. The Labute approximate surface area is 151 Å². The molecule has 25 heavy (non-hydrogen) atoms. The minimum Gasteiger partial charge on any atom is -0.378 e. The van der Waals surface area contributed by atoms with Crippen molar-refractivity contribution < 1.29 is 14.3 Å². The van der Waals surface area contributed by atoms with E-state index in [2.05, 4.69) is 25.7 Å². The maximum Gasteiger partial charge on any atom is 0.321 e. The molecule has 0 radical (unpaired) electrons. The first-order valence-corrected chi connectivity index (χ1v) is 9.52. The van der Waals surface area contributed by atoms with Gasteiger partial charge in [0.05, 0.1) is 19.0 Å². The van der Waals surface area contributed by atoms with Crippen molar-refractivity contribution in [2.75, 3.05) is 37.0 Å². The lowest BCUT2D eigenvalue weighted by Crippen LogP contribution is -2.43. The van der Waals surface area contributed by atoms with Gasteiger partial charge in [0.25, 0.3) is 0 Å². The van der Waals surface area contributed by atoms with Gasteiger partial charge in [0, 0.05) is 25.7 Å². The Morgan fingerprint density at radius 3 is 2.64 bits per heavy atom. The zero-order chi connectivity index (χ0) is 18.2. The molecule has 1 aromatic rings. The fourth-order valence-corrected chi connectivity index (χ4v) is 3.11. The third-order valence-corrected chi connectivity index (χ3v) is 4.85. The molecule has 1 atom stereocenters. The quantitative estimate of drug-likeness (QED) is 0.686. The van der Waals surface area contributed by atoms with Crippen molar-refractivity contribution in [3.05, 3.63) is 0 Å². The van der Waals surface area contributed by atoms with Crippen molar-refractivity contribution in [2.45, 2.75) is 44.9 Å². The molecule has 1 aromatic heterocycles. The molecule has 0 unspecified atom stereocenters. The number of ether oxygens (including phenoxy) is 1. The predicted octanol–water partition coefficient (Wildman–Crippen LogP) is 0.851. The summed E-state index contributed by atoms with van der Waals surface area (Å²) in [6.45, 7) is 9.47. The summed E-state index contributed by atoms with van der Waals surface area (Å²) in [5.74, 6) is 0.544. The molecule has 1 saturated heterocycles. The highest BCUT2D eigenvalue weighted by molar-refractivity contribution is 7.99. The second kappa shape index (κ2) is 9.62. The highest BCUT2D eigenvalue weighted by Gasteiger charge is 2.20. The fourth-order valence-electron chi connectivity index (χ4n) is 2.32. The molecule has 0 bridgehead atoms.